The number of oxazole rings is 1. The molecule has 202 valence electrons. The lowest BCUT2D eigenvalue weighted by molar-refractivity contribution is 0.552. The van der Waals surface area contributed by atoms with E-state index in [0.717, 1.165) is 55.0 Å². The molecule has 3 aromatic carbocycles. The molecule has 0 N–H and O–H groups in total. The lowest BCUT2D eigenvalue weighted by Gasteiger charge is -2.08. The minimum absolute atomic E-state index is 0.441. The number of benzene rings is 3. The molecule has 9 rings (SSSR count). The third-order valence-electron chi connectivity index (χ3n) is 7.97. The monoisotopic (exact) mass is 554 g/mol. The van der Waals surface area contributed by atoms with Crippen molar-refractivity contribution in [2.75, 3.05) is 0 Å². The maximum atomic E-state index is 6.63. The first kappa shape index (κ1) is 23.6. The van der Waals surface area contributed by atoms with Crippen LogP contribution in [-0.2, 0) is 0 Å². The van der Waals surface area contributed by atoms with Crippen molar-refractivity contribution in [3.8, 4) is 34.5 Å². The van der Waals surface area contributed by atoms with Gasteiger partial charge in [0.15, 0.2) is 5.69 Å². The third-order valence-corrected chi connectivity index (χ3v) is 7.97. The highest BCUT2D eigenvalue weighted by molar-refractivity contribution is 6.19. The summed E-state index contributed by atoms with van der Waals surface area (Å²) in [5.74, 6) is 1.04. The molecule has 7 heteroatoms. The van der Waals surface area contributed by atoms with Crippen LogP contribution in [0.5, 0.6) is 0 Å². The normalized spacial score (nSPS) is 11.7. The van der Waals surface area contributed by atoms with Gasteiger partial charge in [-0.25, -0.2) is 4.98 Å². The maximum absolute atomic E-state index is 6.63. The van der Waals surface area contributed by atoms with Crippen molar-refractivity contribution in [3.63, 3.8) is 0 Å². The van der Waals surface area contributed by atoms with Crippen LogP contribution in [0.4, 0.5) is 0 Å². The third kappa shape index (κ3) is 3.55. The summed E-state index contributed by atoms with van der Waals surface area (Å²) >= 11 is 0. The minimum Gasteiger partial charge on any atom is -0.417 e. The predicted molar refractivity (Wildman–Crippen MR) is 169 cm³/mol. The molecule has 6 heterocycles. The number of pyridine rings is 3. The van der Waals surface area contributed by atoms with Crippen molar-refractivity contribution in [2.24, 2.45) is 0 Å². The van der Waals surface area contributed by atoms with Crippen molar-refractivity contribution >= 4 is 43.6 Å². The van der Waals surface area contributed by atoms with Gasteiger partial charge in [-0.05, 0) is 60.7 Å². The molecule has 7 nitrogen and oxygen atoms in total. The Hall–Kier alpha value is -6.08. The van der Waals surface area contributed by atoms with Crippen LogP contribution < -0.4 is 0 Å². The average Bonchev–Trinajstić information content (AvgIpc) is 3.75. The highest BCUT2D eigenvalue weighted by atomic mass is 16.4. The molecule has 9 aromatic rings. The van der Waals surface area contributed by atoms with Gasteiger partial charge in [-0.2, -0.15) is 0 Å². The molecule has 0 fully saturated rings. The second kappa shape index (κ2) is 9.22. The topological polar surface area (TPSA) is 74.6 Å². The lowest BCUT2D eigenvalue weighted by Crippen LogP contribution is -1.96. The van der Waals surface area contributed by atoms with E-state index in [0.29, 0.717) is 23.2 Å². The molecule has 0 saturated carbocycles. The van der Waals surface area contributed by atoms with Gasteiger partial charge in [0, 0.05) is 40.1 Å². The van der Waals surface area contributed by atoms with E-state index >= 15 is 0 Å². The summed E-state index contributed by atoms with van der Waals surface area (Å²) in [6, 6.07) is 37.1. The largest absolute Gasteiger partial charge is 0.417 e. The Morgan fingerprint density at radius 1 is 0.512 bits per heavy atom. The molecule has 0 unspecified atom stereocenters. The van der Waals surface area contributed by atoms with E-state index in [4.69, 9.17) is 9.40 Å². The summed E-state index contributed by atoms with van der Waals surface area (Å²) in [7, 11) is 0. The molecule has 0 bridgehead atoms. The summed E-state index contributed by atoms with van der Waals surface area (Å²) in [6.45, 7) is 0. The first-order chi connectivity index (χ1) is 21.3. The van der Waals surface area contributed by atoms with E-state index in [9.17, 15) is 0 Å². The Bertz CT molecular complexity index is 2440. The van der Waals surface area contributed by atoms with E-state index in [1.165, 1.54) is 0 Å². The fourth-order valence-corrected chi connectivity index (χ4v) is 6.15. The van der Waals surface area contributed by atoms with Crippen LogP contribution in [0, 0.1) is 0 Å². The number of nitrogens with zero attached hydrogens (tertiary/aromatic N) is 6. The standard InChI is InChI=1S/C36H22N6O/c1-3-15-30-24(11-1)26-21-33-27(20-32(26)41(30)23-10-9-17-37-22-23)25-12-2-4-16-31(25)42(33)36-34(28-13-5-7-18-38-28)40-35(43-36)29-14-6-8-19-39-29/h1-22H. The van der Waals surface area contributed by atoms with Crippen molar-refractivity contribution in [1.82, 2.24) is 29.1 Å². The number of rotatable bonds is 4. The SMILES string of the molecule is c1ccc(-c2nc(-c3ccccn3)c(-n3c4ccccc4c4cc5c(cc43)c3ccccc3n5-c3cccnc3)o2)nc1. The number of hydrogen-bond acceptors (Lipinski definition) is 5. The molecule has 0 aliphatic heterocycles. The van der Waals surface area contributed by atoms with Crippen LogP contribution in [-0.4, -0.2) is 29.1 Å². The Morgan fingerprint density at radius 2 is 1.14 bits per heavy atom. The van der Waals surface area contributed by atoms with Crippen LogP contribution in [0.2, 0.25) is 0 Å². The van der Waals surface area contributed by atoms with Crippen molar-refractivity contribution in [2.45, 2.75) is 0 Å². The fourth-order valence-electron chi connectivity index (χ4n) is 6.15. The van der Waals surface area contributed by atoms with Gasteiger partial charge in [-0.15, -0.1) is 0 Å². The van der Waals surface area contributed by atoms with E-state index < -0.39 is 0 Å². The molecular weight excluding hydrogens is 532 g/mol. The highest BCUT2D eigenvalue weighted by Gasteiger charge is 2.25. The van der Waals surface area contributed by atoms with Gasteiger partial charge in [0.25, 0.3) is 0 Å². The first-order valence-corrected chi connectivity index (χ1v) is 14.1. The molecule has 0 spiro atoms. The lowest BCUT2D eigenvalue weighted by atomic mass is 10.1. The van der Waals surface area contributed by atoms with Crippen molar-refractivity contribution in [1.29, 1.82) is 0 Å². The minimum atomic E-state index is 0.441. The fraction of sp³-hybridized carbons (Fsp3) is 0. The summed E-state index contributed by atoms with van der Waals surface area (Å²) < 4.78 is 11.1. The zero-order valence-electron chi connectivity index (χ0n) is 22.8. The number of hydrogen-bond donors (Lipinski definition) is 0. The number of para-hydroxylation sites is 2. The number of fused-ring (bicyclic) bond motifs is 6. The zero-order chi connectivity index (χ0) is 28.3. The summed E-state index contributed by atoms with van der Waals surface area (Å²) in [6.07, 6.45) is 7.23. The molecule has 0 amide bonds. The van der Waals surface area contributed by atoms with E-state index in [2.05, 4.69) is 90.8 Å². The van der Waals surface area contributed by atoms with Crippen LogP contribution in [0.25, 0.3) is 78.2 Å². The maximum Gasteiger partial charge on any atom is 0.248 e. The molecule has 0 radical (unpaired) electrons. The predicted octanol–water partition coefficient (Wildman–Crippen LogP) is 8.39. The van der Waals surface area contributed by atoms with E-state index in [-0.39, 0.29) is 0 Å². The van der Waals surface area contributed by atoms with E-state index in [1.807, 2.05) is 48.7 Å². The quantitative estimate of drug-likeness (QED) is 0.218. The zero-order valence-corrected chi connectivity index (χ0v) is 22.8. The van der Waals surface area contributed by atoms with Gasteiger partial charge in [0.2, 0.25) is 11.8 Å². The highest BCUT2D eigenvalue weighted by Crippen LogP contribution is 2.41. The molecular formula is C36H22N6O. The summed E-state index contributed by atoms with van der Waals surface area (Å²) in [5.41, 5.74) is 7.33. The summed E-state index contributed by atoms with van der Waals surface area (Å²) in [5, 5.41) is 4.53. The van der Waals surface area contributed by atoms with Gasteiger partial charge >= 0.3 is 0 Å². The molecule has 6 aromatic heterocycles. The van der Waals surface area contributed by atoms with E-state index in [1.54, 1.807) is 18.6 Å². The molecule has 0 atom stereocenters. The van der Waals surface area contributed by atoms with Crippen LogP contribution in [0.1, 0.15) is 0 Å². The second-order valence-electron chi connectivity index (χ2n) is 10.4. The van der Waals surface area contributed by atoms with Crippen LogP contribution in [0.3, 0.4) is 0 Å². The Labute approximate surface area is 245 Å². The Morgan fingerprint density at radius 3 is 1.79 bits per heavy atom. The molecule has 0 aliphatic rings. The van der Waals surface area contributed by atoms with Gasteiger partial charge < -0.3 is 8.98 Å². The van der Waals surface area contributed by atoms with Gasteiger partial charge in [0.05, 0.1) is 39.6 Å². The Kier molecular flexibility index (Phi) is 5.06. The van der Waals surface area contributed by atoms with Crippen molar-refractivity contribution in [3.05, 3.63) is 134 Å². The average molecular weight is 555 g/mol. The summed E-state index contributed by atoms with van der Waals surface area (Å²) in [4.78, 5) is 18.5. The van der Waals surface area contributed by atoms with Gasteiger partial charge in [0.1, 0.15) is 5.69 Å². The van der Waals surface area contributed by atoms with Crippen LogP contribution >= 0.6 is 0 Å². The number of aromatic nitrogens is 6. The first-order valence-electron chi connectivity index (χ1n) is 14.1. The second-order valence-corrected chi connectivity index (χ2v) is 10.4. The van der Waals surface area contributed by atoms with Crippen molar-refractivity contribution < 1.29 is 4.42 Å². The smallest absolute Gasteiger partial charge is 0.248 e. The van der Waals surface area contributed by atoms with Gasteiger partial charge in [-0.1, -0.05) is 48.5 Å². The molecule has 43 heavy (non-hydrogen) atoms. The van der Waals surface area contributed by atoms with Gasteiger partial charge in [-0.3, -0.25) is 19.5 Å². The molecule has 0 saturated heterocycles. The van der Waals surface area contributed by atoms with Crippen LogP contribution in [0.15, 0.2) is 138 Å². The Balaban J connectivity index is 1.42. The molecule has 0 aliphatic carbocycles.